The van der Waals surface area contributed by atoms with Crippen LogP contribution in [0.15, 0.2) is 113 Å². The molecule has 0 spiro atoms. The molecule has 4 aromatic rings. The van der Waals surface area contributed by atoms with Crippen LogP contribution in [0.5, 0.6) is 11.5 Å². The van der Waals surface area contributed by atoms with Crippen molar-refractivity contribution in [1.82, 2.24) is 5.43 Å². The van der Waals surface area contributed by atoms with Gasteiger partial charge in [-0.3, -0.25) is 9.10 Å². The second-order valence-corrected chi connectivity index (χ2v) is 10.8. The smallest absolute Gasteiger partial charge is 0.264 e. The molecular formula is C30H28ClN3O5S. The van der Waals surface area contributed by atoms with Crippen molar-refractivity contribution >= 4 is 39.4 Å². The van der Waals surface area contributed by atoms with Gasteiger partial charge < -0.3 is 9.47 Å². The molecule has 8 nitrogen and oxygen atoms in total. The fraction of sp³-hybridized carbons (Fsp3) is 0.133. The number of hydrazone groups is 1. The summed E-state index contributed by atoms with van der Waals surface area (Å²) in [7, 11) is -3.99. The number of carbonyl (C=O) groups excluding carboxylic acids is 1. The Bertz CT molecular complexity index is 1570. The summed E-state index contributed by atoms with van der Waals surface area (Å²) in [4.78, 5) is 12.9. The van der Waals surface area contributed by atoms with Gasteiger partial charge in [0.2, 0.25) is 0 Å². The van der Waals surface area contributed by atoms with E-state index in [0.717, 1.165) is 9.87 Å². The third-order valence-electron chi connectivity index (χ3n) is 5.62. The number of nitrogens with zero attached hydrogens (tertiary/aromatic N) is 2. The van der Waals surface area contributed by atoms with Crippen LogP contribution in [0.25, 0.3) is 0 Å². The zero-order valence-electron chi connectivity index (χ0n) is 21.7. The minimum Gasteiger partial charge on any atom is -0.490 e. The van der Waals surface area contributed by atoms with Crippen LogP contribution >= 0.6 is 11.6 Å². The molecule has 206 valence electrons. The van der Waals surface area contributed by atoms with E-state index in [2.05, 4.69) is 10.5 Å². The Labute approximate surface area is 238 Å². The van der Waals surface area contributed by atoms with Gasteiger partial charge in [-0.1, -0.05) is 60.1 Å². The third kappa shape index (κ3) is 7.62. The first-order chi connectivity index (χ1) is 19.4. The maximum absolute atomic E-state index is 13.3. The van der Waals surface area contributed by atoms with E-state index in [1.54, 1.807) is 72.8 Å². The van der Waals surface area contributed by atoms with Gasteiger partial charge in [-0.15, -0.1) is 0 Å². The standard InChI is InChI=1S/C30H28ClN3O5S/c1-2-38-29-19-23(16-17-28(29)39-22-24-10-9-11-25(31)18-24)20-32-33-30(35)21-34(26-12-5-3-6-13-26)40(36,37)27-14-7-4-8-15-27/h3-20H,2,21-22H2,1H3,(H,33,35)/b32-20-. The molecule has 0 bridgehead atoms. The molecule has 1 N–H and O–H groups in total. The number of anilines is 1. The van der Waals surface area contributed by atoms with Crippen molar-refractivity contribution < 1.29 is 22.7 Å². The molecule has 0 aliphatic rings. The molecule has 4 aromatic carbocycles. The number of benzene rings is 4. The molecule has 0 saturated carbocycles. The van der Waals surface area contributed by atoms with E-state index in [1.165, 1.54) is 18.3 Å². The highest BCUT2D eigenvalue weighted by atomic mass is 35.5. The number of amides is 1. The molecule has 1 amide bonds. The number of halogens is 1. The number of sulfonamides is 1. The van der Waals surface area contributed by atoms with Gasteiger partial charge >= 0.3 is 0 Å². The Morgan fingerprint density at radius 2 is 1.62 bits per heavy atom. The molecule has 0 atom stereocenters. The largest absolute Gasteiger partial charge is 0.490 e. The lowest BCUT2D eigenvalue weighted by Crippen LogP contribution is -2.39. The Kier molecular flexibility index (Phi) is 9.77. The van der Waals surface area contributed by atoms with E-state index < -0.39 is 22.5 Å². The van der Waals surface area contributed by atoms with Crippen molar-refractivity contribution in [1.29, 1.82) is 0 Å². The number of hydrogen-bond acceptors (Lipinski definition) is 6. The molecular weight excluding hydrogens is 550 g/mol. The monoisotopic (exact) mass is 577 g/mol. The number of hydrogen-bond donors (Lipinski definition) is 1. The average molecular weight is 578 g/mol. The molecule has 0 heterocycles. The Morgan fingerprint density at radius 1 is 0.900 bits per heavy atom. The number of ether oxygens (including phenoxy) is 2. The number of para-hydroxylation sites is 1. The van der Waals surface area contributed by atoms with Crippen LogP contribution in [-0.4, -0.2) is 33.7 Å². The number of carbonyl (C=O) groups is 1. The summed E-state index contributed by atoms with van der Waals surface area (Å²) in [6.45, 7) is 2.15. The average Bonchev–Trinajstić information content (AvgIpc) is 2.96. The number of rotatable bonds is 12. The summed E-state index contributed by atoms with van der Waals surface area (Å²) in [6.07, 6.45) is 1.44. The van der Waals surface area contributed by atoms with Crippen LogP contribution in [-0.2, 0) is 21.4 Å². The molecule has 0 aromatic heterocycles. The Morgan fingerprint density at radius 3 is 2.33 bits per heavy atom. The topological polar surface area (TPSA) is 97.3 Å². The zero-order chi connectivity index (χ0) is 28.4. The second kappa shape index (κ2) is 13.6. The van der Waals surface area contributed by atoms with Crippen LogP contribution in [0.3, 0.4) is 0 Å². The van der Waals surface area contributed by atoms with Crippen LogP contribution < -0.4 is 19.2 Å². The van der Waals surface area contributed by atoms with Crippen LogP contribution in [0.4, 0.5) is 5.69 Å². The van der Waals surface area contributed by atoms with Gasteiger partial charge in [-0.2, -0.15) is 5.10 Å². The molecule has 40 heavy (non-hydrogen) atoms. The Balaban J connectivity index is 1.44. The van der Waals surface area contributed by atoms with Crippen LogP contribution in [0, 0.1) is 0 Å². The fourth-order valence-electron chi connectivity index (χ4n) is 3.75. The minimum atomic E-state index is -3.99. The van der Waals surface area contributed by atoms with Crippen molar-refractivity contribution in [3.63, 3.8) is 0 Å². The molecule has 0 fully saturated rings. The summed E-state index contributed by atoms with van der Waals surface area (Å²) < 4.78 is 39.4. The quantitative estimate of drug-likeness (QED) is 0.173. The third-order valence-corrected chi connectivity index (χ3v) is 7.64. The predicted molar refractivity (Wildman–Crippen MR) is 157 cm³/mol. The van der Waals surface area contributed by atoms with Gasteiger partial charge in [0.05, 0.1) is 23.4 Å². The normalized spacial score (nSPS) is 11.2. The molecule has 0 aliphatic heterocycles. The van der Waals surface area contributed by atoms with E-state index in [1.807, 2.05) is 25.1 Å². The maximum atomic E-state index is 13.3. The lowest BCUT2D eigenvalue weighted by molar-refractivity contribution is -0.119. The first-order valence-corrected chi connectivity index (χ1v) is 14.3. The van der Waals surface area contributed by atoms with E-state index in [-0.39, 0.29) is 4.90 Å². The fourth-order valence-corrected chi connectivity index (χ4v) is 5.41. The first kappa shape index (κ1) is 28.7. The molecule has 10 heteroatoms. The first-order valence-electron chi connectivity index (χ1n) is 12.5. The van der Waals surface area contributed by atoms with Crippen LogP contribution in [0.1, 0.15) is 18.1 Å². The highest BCUT2D eigenvalue weighted by molar-refractivity contribution is 7.92. The van der Waals surface area contributed by atoms with Crippen molar-refractivity contribution in [2.45, 2.75) is 18.4 Å². The van der Waals surface area contributed by atoms with Crippen molar-refractivity contribution in [2.24, 2.45) is 5.10 Å². The molecule has 4 rings (SSSR count). The summed E-state index contributed by atoms with van der Waals surface area (Å²) >= 11 is 6.05. The molecule has 0 aliphatic carbocycles. The molecule has 0 unspecified atom stereocenters. The van der Waals surface area contributed by atoms with Crippen molar-refractivity contribution in [2.75, 3.05) is 17.5 Å². The SMILES string of the molecule is CCOc1cc(/C=N\NC(=O)CN(c2ccccc2)S(=O)(=O)c2ccccc2)ccc1OCc1cccc(Cl)c1. The summed E-state index contributed by atoms with van der Waals surface area (Å²) in [5.74, 6) is 0.461. The van der Waals surface area contributed by atoms with Gasteiger partial charge in [0, 0.05) is 5.02 Å². The maximum Gasteiger partial charge on any atom is 0.264 e. The molecule has 0 saturated heterocycles. The van der Waals surface area contributed by atoms with E-state index in [9.17, 15) is 13.2 Å². The minimum absolute atomic E-state index is 0.0799. The Hall–Kier alpha value is -4.34. The van der Waals surface area contributed by atoms with Gasteiger partial charge in [-0.05, 0) is 72.6 Å². The summed E-state index contributed by atoms with van der Waals surface area (Å²) in [5, 5.41) is 4.65. The second-order valence-electron chi connectivity index (χ2n) is 8.51. The molecule has 0 radical (unpaired) electrons. The predicted octanol–water partition coefficient (Wildman–Crippen LogP) is 5.66. The van der Waals surface area contributed by atoms with E-state index in [4.69, 9.17) is 21.1 Å². The number of nitrogens with one attached hydrogen (secondary N) is 1. The van der Waals surface area contributed by atoms with Crippen molar-refractivity contribution in [3.8, 4) is 11.5 Å². The van der Waals surface area contributed by atoms with Gasteiger partial charge in [0.25, 0.3) is 15.9 Å². The van der Waals surface area contributed by atoms with Gasteiger partial charge in [0.15, 0.2) is 11.5 Å². The van der Waals surface area contributed by atoms with Gasteiger partial charge in [0.1, 0.15) is 13.2 Å². The highest BCUT2D eigenvalue weighted by Gasteiger charge is 2.26. The van der Waals surface area contributed by atoms with E-state index in [0.29, 0.717) is 41.0 Å². The zero-order valence-corrected chi connectivity index (χ0v) is 23.3. The summed E-state index contributed by atoms with van der Waals surface area (Å²) in [6, 6.07) is 29.0. The summed E-state index contributed by atoms with van der Waals surface area (Å²) in [5.41, 5.74) is 4.34. The van der Waals surface area contributed by atoms with Crippen LogP contribution in [0.2, 0.25) is 5.02 Å². The highest BCUT2D eigenvalue weighted by Crippen LogP contribution is 2.29. The van der Waals surface area contributed by atoms with Crippen molar-refractivity contribution in [3.05, 3.63) is 119 Å². The van der Waals surface area contributed by atoms with Gasteiger partial charge in [-0.25, -0.2) is 13.8 Å². The van der Waals surface area contributed by atoms with E-state index >= 15 is 0 Å². The lowest BCUT2D eigenvalue weighted by atomic mass is 10.2. The lowest BCUT2D eigenvalue weighted by Gasteiger charge is -2.23.